The molecule has 31 heavy (non-hydrogen) atoms. The van der Waals surface area contributed by atoms with Gasteiger partial charge in [0, 0.05) is 12.0 Å². The zero-order valence-corrected chi connectivity index (χ0v) is 20.5. The van der Waals surface area contributed by atoms with Crippen molar-refractivity contribution in [2.24, 2.45) is 0 Å². The van der Waals surface area contributed by atoms with Crippen LogP contribution in [0.1, 0.15) is 49.8 Å². The Morgan fingerprint density at radius 1 is 1.32 bits per heavy atom. The second-order valence-electron chi connectivity index (χ2n) is 7.41. The quantitative estimate of drug-likeness (QED) is 0.280. The lowest BCUT2D eigenvalue weighted by Gasteiger charge is -2.26. The molecule has 0 unspecified atom stereocenters. The van der Waals surface area contributed by atoms with Crippen molar-refractivity contribution in [2.75, 3.05) is 13.2 Å². The first-order chi connectivity index (χ1) is 14.8. The van der Waals surface area contributed by atoms with E-state index in [4.69, 9.17) is 9.47 Å². The van der Waals surface area contributed by atoms with Gasteiger partial charge in [0.25, 0.3) is 0 Å². The lowest BCUT2D eigenvalue weighted by Crippen LogP contribution is -2.41. The molecule has 3 rings (SSSR count). The summed E-state index contributed by atoms with van der Waals surface area (Å²) in [5.74, 6) is -1.06. The summed E-state index contributed by atoms with van der Waals surface area (Å²) in [5, 5.41) is 0. The van der Waals surface area contributed by atoms with Crippen LogP contribution in [0.3, 0.4) is 0 Å². The van der Waals surface area contributed by atoms with Crippen molar-refractivity contribution in [2.45, 2.75) is 43.5 Å². The van der Waals surface area contributed by atoms with Crippen LogP contribution in [0.4, 0.5) is 9.18 Å². The summed E-state index contributed by atoms with van der Waals surface area (Å²) >= 11 is 6.83. The van der Waals surface area contributed by atoms with Crippen molar-refractivity contribution in [3.63, 3.8) is 0 Å². The number of imide groups is 1. The largest absolute Gasteiger partial charge is 0.492 e. The van der Waals surface area contributed by atoms with Crippen LogP contribution in [0, 0.1) is 5.82 Å². The number of halogens is 3. The molecule has 0 bridgehead atoms. The van der Waals surface area contributed by atoms with Crippen LogP contribution >= 0.6 is 31.9 Å². The first-order valence-corrected chi connectivity index (χ1v) is 11.9. The van der Waals surface area contributed by atoms with Crippen molar-refractivity contribution in [1.82, 2.24) is 4.90 Å². The summed E-state index contributed by atoms with van der Waals surface area (Å²) in [6, 6.07) is 11.7. The minimum Gasteiger partial charge on any atom is -0.492 e. The van der Waals surface area contributed by atoms with Crippen LogP contribution in [0.2, 0.25) is 0 Å². The average molecular weight is 557 g/mol. The molecule has 0 aliphatic carbocycles. The maximum atomic E-state index is 14.9. The number of benzene rings is 2. The van der Waals surface area contributed by atoms with E-state index >= 15 is 0 Å². The Bertz CT molecular complexity index is 941. The smallest absolute Gasteiger partial charge is 0.417 e. The number of unbranched alkanes of at least 4 members (excludes halogenated alkanes) is 1. The number of carbonyl (C=O) groups excluding carboxylic acids is 2. The Morgan fingerprint density at radius 2 is 2.03 bits per heavy atom. The normalized spacial score (nSPS) is 17.9. The monoisotopic (exact) mass is 555 g/mol. The molecule has 0 N–H and O–H groups in total. The molecule has 0 aromatic heterocycles. The third-order valence-electron chi connectivity index (χ3n) is 5.27. The Kier molecular flexibility index (Phi) is 8.11. The van der Waals surface area contributed by atoms with E-state index in [-0.39, 0.29) is 6.61 Å². The van der Waals surface area contributed by atoms with E-state index in [1.807, 2.05) is 30.3 Å². The molecular weight excluding hydrogens is 533 g/mol. The molecule has 1 heterocycles. The number of hydrogen-bond acceptors (Lipinski definition) is 4. The van der Waals surface area contributed by atoms with Crippen molar-refractivity contribution in [1.29, 1.82) is 0 Å². The van der Waals surface area contributed by atoms with Crippen molar-refractivity contribution in [3.05, 3.63) is 63.9 Å². The number of rotatable bonds is 8. The molecule has 2 aromatic carbocycles. The number of hydrogen-bond donors (Lipinski definition) is 0. The van der Waals surface area contributed by atoms with Gasteiger partial charge in [-0.25, -0.2) is 14.1 Å². The highest BCUT2D eigenvalue weighted by molar-refractivity contribution is 9.10. The van der Waals surface area contributed by atoms with Crippen molar-refractivity contribution >= 4 is 43.9 Å². The number of nitrogens with zero attached hydrogens (tertiary/aromatic N) is 1. The van der Waals surface area contributed by atoms with Crippen LogP contribution in [0.5, 0.6) is 5.75 Å². The van der Waals surface area contributed by atoms with Gasteiger partial charge in [-0.3, -0.25) is 4.79 Å². The fourth-order valence-electron chi connectivity index (χ4n) is 3.42. The highest BCUT2D eigenvalue weighted by Crippen LogP contribution is 2.37. The fraction of sp³-hybridized carbons (Fsp3) is 0.391. The summed E-state index contributed by atoms with van der Waals surface area (Å²) in [4.78, 5) is 25.8. The van der Waals surface area contributed by atoms with Crippen molar-refractivity contribution < 1.29 is 23.5 Å². The van der Waals surface area contributed by atoms with E-state index in [1.54, 1.807) is 13.0 Å². The predicted octanol–water partition coefficient (Wildman–Crippen LogP) is 6.35. The summed E-state index contributed by atoms with van der Waals surface area (Å²) < 4.78 is 26.2. The van der Waals surface area contributed by atoms with Gasteiger partial charge in [-0.05, 0) is 39.5 Å². The first-order valence-electron chi connectivity index (χ1n) is 10.2. The van der Waals surface area contributed by atoms with Gasteiger partial charge in [-0.15, -0.1) is 0 Å². The van der Waals surface area contributed by atoms with Gasteiger partial charge < -0.3 is 9.47 Å². The zero-order chi connectivity index (χ0) is 22.5. The number of cyclic esters (lactones) is 1. The average Bonchev–Trinajstić information content (AvgIpc) is 3.16. The third-order valence-corrected chi connectivity index (χ3v) is 7.07. The molecule has 1 aliphatic heterocycles. The van der Waals surface area contributed by atoms with Gasteiger partial charge in [0.15, 0.2) is 0 Å². The molecular formula is C23H24Br2FNO4. The van der Waals surface area contributed by atoms with E-state index < -0.39 is 34.6 Å². The maximum absolute atomic E-state index is 14.9. The molecule has 1 saturated heterocycles. The molecule has 8 heteroatoms. The lowest BCUT2D eigenvalue weighted by atomic mass is 9.95. The molecule has 2 aromatic rings. The summed E-state index contributed by atoms with van der Waals surface area (Å²) in [5.41, 5.74) is 1.14. The SMILES string of the molecule is CCCCOc1cc(F)c([C@H](C)[C@@H](Br)C(=O)N2C(=O)OC[C@H]2c2ccccc2)cc1Br. The highest BCUT2D eigenvalue weighted by atomic mass is 79.9. The van der Waals surface area contributed by atoms with Gasteiger partial charge in [0.1, 0.15) is 29.0 Å². The third kappa shape index (κ3) is 5.29. The molecule has 166 valence electrons. The Labute approximate surface area is 198 Å². The molecule has 0 radical (unpaired) electrons. The number of carbonyl (C=O) groups is 2. The minimum atomic E-state index is -0.822. The molecule has 3 atom stereocenters. The van der Waals surface area contributed by atoms with Crippen LogP contribution in [-0.2, 0) is 9.53 Å². The molecule has 1 aliphatic rings. The lowest BCUT2D eigenvalue weighted by molar-refractivity contribution is -0.128. The standard InChI is InChI=1S/C23H24Br2FNO4/c1-3-4-10-30-20-12-18(26)16(11-17(20)24)14(2)21(25)22(28)27-19(13-31-23(27)29)15-8-6-5-7-9-15/h5-9,11-12,14,19,21H,3-4,10,13H2,1-2H3/t14-,19-,21+/m0/s1. The molecule has 0 saturated carbocycles. The summed E-state index contributed by atoms with van der Waals surface area (Å²) in [6.45, 7) is 4.38. The Hall–Kier alpha value is -1.93. The second-order valence-corrected chi connectivity index (χ2v) is 9.25. The summed E-state index contributed by atoms with van der Waals surface area (Å²) in [6.07, 6.45) is 1.15. The molecule has 2 amide bonds. The van der Waals surface area contributed by atoms with E-state index in [1.165, 1.54) is 6.07 Å². The number of alkyl halides is 1. The van der Waals surface area contributed by atoms with E-state index in [0.717, 1.165) is 23.3 Å². The van der Waals surface area contributed by atoms with E-state index in [2.05, 4.69) is 38.8 Å². The van der Waals surface area contributed by atoms with Crippen LogP contribution in [0.15, 0.2) is 46.9 Å². The Balaban J connectivity index is 1.80. The van der Waals surface area contributed by atoms with Crippen LogP contribution < -0.4 is 4.74 Å². The van der Waals surface area contributed by atoms with Crippen LogP contribution in [0.25, 0.3) is 0 Å². The van der Waals surface area contributed by atoms with Gasteiger partial charge in [0.05, 0.1) is 11.1 Å². The summed E-state index contributed by atoms with van der Waals surface area (Å²) in [7, 11) is 0. The van der Waals surface area contributed by atoms with Gasteiger partial charge in [-0.1, -0.05) is 66.5 Å². The topological polar surface area (TPSA) is 55.8 Å². The van der Waals surface area contributed by atoms with E-state index in [0.29, 0.717) is 22.4 Å². The van der Waals surface area contributed by atoms with Gasteiger partial charge in [0.2, 0.25) is 5.91 Å². The zero-order valence-electron chi connectivity index (χ0n) is 17.3. The Morgan fingerprint density at radius 3 is 2.71 bits per heavy atom. The number of amides is 2. The molecule has 1 fully saturated rings. The van der Waals surface area contributed by atoms with Gasteiger partial charge >= 0.3 is 6.09 Å². The highest BCUT2D eigenvalue weighted by Gasteiger charge is 2.42. The van der Waals surface area contributed by atoms with Crippen molar-refractivity contribution in [3.8, 4) is 5.75 Å². The fourth-order valence-corrected chi connectivity index (χ4v) is 4.40. The van der Waals surface area contributed by atoms with E-state index in [9.17, 15) is 14.0 Å². The molecule has 0 spiro atoms. The maximum Gasteiger partial charge on any atom is 0.417 e. The number of ether oxygens (including phenoxy) is 2. The predicted molar refractivity (Wildman–Crippen MR) is 123 cm³/mol. The minimum absolute atomic E-state index is 0.0897. The van der Waals surface area contributed by atoms with Crippen LogP contribution in [-0.4, -0.2) is 34.9 Å². The van der Waals surface area contributed by atoms with Gasteiger partial charge in [-0.2, -0.15) is 0 Å². The first kappa shape index (κ1) is 23.7. The molecule has 5 nitrogen and oxygen atoms in total. The second kappa shape index (κ2) is 10.6.